The van der Waals surface area contributed by atoms with Crippen molar-refractivity contribution in [1.29, 1.82) is 0 Å². The van der Waals surface area contributed by atoms with E-state index in [1.807, 2.05) is 24.3 Å². The molecule has 130 valence electrons. The quantitative estimate of drug-likeness (QED) is 0.648. The van der Waals surface area contributed by atoms with Crippen LogP contribution in [0.2, 0.25) is 0 Å². The molecule has 0 bridgehead atoms. The molecule has 1 aromatic carbocycles. The predicted molar refractivity (Wildman–Crippen MR) is 93.5 cm³/mol. The topological polar surface area (TPSA) is 95.1 Å². The third-order valence-electron chi connectivity index (χ3n) is 3.26. The number of hydrogen-bond donors (Lipinski definition) is 1. The van der Waals surface area contributed by atoms with Crippen LogP contribution in [0, 0.1) is 0 Å². The van der Waals surface area contributed by atoms with Crippen molar-refractivity contribution in [3.8, 4) is 17.3 Å². The Morgan fingerprint density at radius 3 is 2.76 bits per heavy atom. The number of hydrogen-bond acceptors (Lipinski definition) is 7. The van der Waals surface area contributed by atoms with Gasteiger partial charge in [0.15, 0.2) is 0 Å². The minimum Gasteiger partial charge on any atom is -0.497 e. The summed E-state index contributed by atoms with van der Waals surface area (Å²) in [5.41, 5.74) is 0.561. The zero-order valence-electron chi connectivity index (χ0n) is 13.8. The van der Waals surface area contributed by atoms with Gasteiger partial charge in [-0.2, -0.15) is 5.10 Å². The fourth-order valence-corrected chi connectivity index (χ4v) is 2.87. The molecule has 0 saturated carbocycles. The zero-order chi connectivity index (χ0) is 17.6. The second-order valence-corrected chi connectivity index (χ2v) is 6.28. The maximum atomic E-state index is 12.0. The first-order valence-electron chi connectivity index (χ1n) is 7.54. The lowest BCUT2D eigenvalue weighted by Crippen LogP contribution is -2.12. The average Bonchev–Trinajstić information content (AvgIpc) is 3.24. The van der Waals surface area contributed by atoms with E-state index in [1.165, 1.54) is 0 Å². The van der Waals surface area contributed by atoms with E-state index < -0.39 is 0 Å². The lowest BCUT2D eigenvalue weighted by atomic mass is 10.3. The van der Waals surface area contributed by atoms with Gasteiger partial charge in [0.05, 0.1) is 7.11 Å². The van der Waals surface area contributed by atoms with E-state index in [9.17, 15) is 4.79 Å². The lowest BCUT2D eigenvalue weighted by molar-refractivity contribution is -0.115. The van der Waals surface area contributed by atoms with Crippen molar-refractivity contribution in [3.05, 3.63) is 36.5 Å². The van der Waals surface area contributed by atoms with Crippen LogP contribution in [0.15, 0.2) is 45.8 Å². The highest BCUT2D eigenvalue weighted by molar-refractivity contribution is 7.99. The number of aromatic nitrogens is 4. The Bertz CT molecular complexity index is 844. The van der Waals surface area contributed by atoms with Crippen molar-refractivity contribution < 1.29 is 13.9 Å². The molecular formula is C16H17N5O3S. The predicted octanol–water partition coefficient (Wildman–Crippen LogP) is 2.60. The van der Waals surface area contributed by atoms with Crippen LogP contribution < -0.4 is 10.1 Å². The number of amides is 1. The molecule has 8 nitrogen and oxygen atoms in total. The molecule has 1 amide bonds. The first kappa shape index (κ1) is 17.0. The smallest absolute Gasteiger partial charge is 0.322 e. The SMILES string of the molecule is COc1ccc(SCCC(=O)Nc2nnc(-c3ccn(C)n3)o2)cc1. The lowest BCUT2D eigenvalue weighted by Gasteiger charge is -2.03. The summed E-state index contributed by atoms with van der Waals surface area (Å²) >= 11 is 1.59. The number of carbonyl (C=O) groups is 1. The minimum absolute atomic E-state index is 0.0695. The van der Waals surface area contributed by atoms with Gasteiger partial charge in [-0.3, -0.25) is 14.8 Å². The number of rotatable bonds is 7. The van der Waals surface area contributed by atoms with Crippen LogP contribution in [0.25, 0.3) is 11.6 Å². The van der Waals surface area contributed by atoms with E-state index in [4.69, 9.17) is 9.15 Å². The van der Waals surface area contributed by atoms with Gasteiger partial charge in [-0.1, -0.05) is 5.10 Å². The first-order chi connectivity index (χ1) is 12.1. The van der Waals surface area contributed by atoms with E-state index in [1.54, 1.807) is 42.9 Å². The Kier molecular flexibility index (Phi) is 5.34. The number of thioether (sulfide) groups is 1. The summed E-state index contributed by atoms with van der Waals surface area (Å²) in [7, 11) is 3.42. The molecule has 0 spiro atoms. The molecule has 2 aromatic heterocycles. The third-order valence-corrected chi connectivity index (χ3v) is 4.28. The second-order valence-electron chi connectivity index (χ2n) is 5.11. The van der Waals surface area contributed by atoms with Crippen molar-refractivity contribution in [3.63, 3.8) is 0 Å². The summed E-state index contributed by atoms with van der Waals surface area (Å²) in [6, 6.07) is 9.52. The van der Waals surface area contributed by atoms with Crippen molar-refractivity contribution in [1.82, 2.24) is 20.0 Å². The van der Waals surface area contributed by atoms with E-state index in [-0.39, 0.29) is 17.8 Å². The molecule has 0 unspecified atom stereocenters. The van der Waals surface area contributed by atoms with Crippen molar-refractivity contribution in [2.75, 3.05) is 18.2 Å². The van der Waals surface area contributed by atoms with Gasteiger partial charge in [0.1, 0.15) is 11.4 Å². The number of nitrogens with one attached hydrogen (secondary N) is 1. The summed E-state index contributed by atoms with van der Waals surface area (Å²) in [6.07, 6.45) is 2.10. The average molecular weight is 359 g/mol. The van der Waals surface area contributed by atoms with Gasteiger partial charge in [-0.25, -0.2) is 0 Å². The van der Waals surface area contributed by atoms with Crippen LogP contribution >= 0.6 is 11.8 Å². The molecule has 0 atom stereocenters. The first-order valence-corrected chi connectivity index (χ1v) is 8.53. The maximum absolute atomic E-state index is 12.0. The molecular weight excluding hydrogens is 342 g/mol. The van der Waals surface area contributed by atoms with Gasteiger partial charge in [0, 0.05) is 30.3 Å². The molecule has 3 rings (SSSR count). The van der Waals surface area contributed by atoms with Crippen molar-refractivity contribution in [2.24, 2.45) is 7.05 Å². The van der Waals surface area contributed by atoms with E-state index >= 15 is 0 Å². The summed E-state index contributed by atoms with van der Waals surface area (Å²) in [4.78, 5) is 13.0. The largest absolute Gasteiger partial charge is 0.497 e. The summed E-state index contributed by atoms with van der Waals surface area (Å²) < 4.78 is 12.1. The van der Waals surface area contributed by atoms with E-state index in [0.29, 0.717) is 17.9 Å². The number of nitrogens with zero attached hydrogens (tertiary/aromatic N) is 4. The Morgan fingerprint density at radius 1 is 1.28 bits per heavy atom. The summed E-state index contributed by atoms with van der Waals surface area (Å²) in [6.45, 7) is 0. The van der Waals surface area contributed by atoms with Crippen molar-refractivity contribution >= 4 is 23.7 Å². The molecule has 0 fully saturated rings. The van der Waals surface area contributed by atoms with Crippen LogP contribution in [-0.2, 0) is 11.8 Å². The molecule has 0 radical (unpaired) electrons. The summed E-state index contributed by atoms with van der Waals surface area (Å²) in [5.74, 6) is 1.53. The monoisotopic (exact) mass is 359 g/mol. The number of aryl methyl sites for hydroxylation is 1. The van der Waals surface area contributed by atoms with Crippen LogP contribution in [0.3, 0.4) is 0 Å². The Hall–Kier alpha value is -2.81. The maximum Gasteiger partial charge on any atom is 0.322 e. The van der Waals surface area contributed by atoms with Crippen LogP contribution in [0.1, 0.15) is 6.42 Å². The molecule has 2 heterocycles. The van der Waals surface area contributed by atoms with Gasteiger partial charge in [0.2, 0.25) is 5.91 Å². The molecule has 9 heteroatoms. The van der Waals surface area contributed by atoms with Gasteiger partial charge in [0.25, 0.3) is 5.89 Å². The van der Waals surface area contributed by atoms with Crippen LogP contribution in [-0.4, -0.2) is 38.7 Å². The van der Waals surface area contributed by atoms with Gasteiger partial charge < -0.3 is 9.15 Å². The van der Waals surface area contributed by atoms with Gasteiger partial charge >= 0.3 is 6.01 Å². The zero-order valence-corrected chi connectivity index (χ0v) is 14.6. The Balaban J connectivity index is 1.47. The van der Waals surface area contributed by atoms with Crippen molar-refractivity contribution in [2.45, 2.75) is 11.3 Å². The van der Waals surface area contributed by atoms with E-state index in [0.717, 1.165) is 10.6 Å². The fourth-order valence-electron chi connectivity index (χ4n) is 2.02. The van der Waals surface area contributed by atoms with Gasteiger partial charge in [-0.15, -0.1) is 16.9 Å². The van der Waals surface area contributed by atoms with Crippen LogP contribution in [0.4, 0.5) is 6.01 Å². The minimum atomic E-state index is -0.183. The molecule has 0 saturated heterocycles. The molecule has 1 N–H and O–H groups in total. The second kappa shape index (κ2) is 7.84. The van der Waals surface area contributed by atoms with Gasteiger partial charge in [-0.05, 0) is 30.3 Å². The number of methoxy groups -OCH3 is 1. The molecule has 25 heavy (non-hydrogen) atoms. The normalized spacial score (nSPS) is 10.6. The fraction of sp³-hybridized carbons (Fsp3) is 0.250. The molecule has 0 aliphatic rings. The Labute approximate surface area is 148 Å². The Morgan fingerprint density at radius 2 is 2.08 bits per heavy atom. The summed E-state index contributed by atoms with van der Waals surface area (Å²) in [5, 5.41) is 14.4. The number of anilines is 1. The molecule has 0 aliphatic heterocycles. The van der Waals surface area contributed by atoms with E-state index in [2.05, 4.69) is 20.6 Å². The third kappa shape index (κ3) is 4.60. The molecule has 3 aromatic rings. The molecule has 0 aliphatic carbocycles. The number of benzene rings is 1. The highest BCUT2D eigenvalue weighted by Gasteiger charge is 2.13. The number of ether oxygens (including phenoxy) is 1. The van der Waals surface area contributed by atoms with Crippen LogP contribution in [0.5, 0.6) is 5.75 Å². The highest BCUT2D eigenvalue weighted by Crippen LogP contribution is 2.22. The highest BCUT2D eigenvalue weighted by atomic mass is 32.2. The number of carbonyl (C=O) groups excluding carboxylic acids is 1. The standard InChI is InChI=1S/C16H17N5O3S/c1-21-9-7-13(20-21)15-18-19-16(24-15)17-14(22)8-10-25-12-5-3-11(23-2)4-6-12/h3-7,9H,8,10H2,1-2H3,(H,17,19,22).